The highest BCUT2D eigenvalue weighted by Crippen LogP contribution is 2.26. The van der Waals surface area contributed by atoms with Crippen LogP contribution in [0.1, 0.15) is 0 Å². The average molecular weight is 327 g/mol. The Kier molecular flexibility index (Phi) is 3.95. The van der Waals surface area contributed by atoms with Gasteiger partial charge in [0.05, 0.1) is 37.8 Å². The van der Waals surface area contributed by atoms with Gasteiger partial charge in [-0.1, -0.05) is 0 Å². The van der Waals surface area contributed by atoms with Crippen LogP contribution in [0.4, 0.5) is 5.82 Å². The van der Waals surface area contributed by atoms with Gasteiger partial charge in [-0.2, -0.15) is 5.10 Å². The van der Waals surface area contributed by atoms with Gasteiger partial charge in [-0.15, -0.1) is 0 Å². The summed E-state index contributed by atoms with van der Waals surface area (Å²) in [5.74, 6) is 1.32. The quantitative estimate of drug-likeness (QED) is 0.782. The summed E-state index contributed by atoms with van der Waals surface area (Å²) in [6.45, 7) is 5.19. The Labute approximate surface area is 139 Å². The van der Waals surface area contributed by atoms with Crippen LogP contribution in [0.25, 0.3) is 21.9 Å². The van der Waals surface area contributed by atoms with E-state index in [-0.39, 0.29) is 0 Å². The molecule has 0 bridgehead atoms. The predicted molar refractivity (Wildman–Crippen MR) is 93.3 cm³/mol. The van der Waals surface area contributed by atoms with Crippen LogP contribution < -0.4 is 10.5 Å². The van der Waals surface area contributed by atoms with Gasteiger partial charge in [-0.25, -0.2) is 9.67 Å². The first-order chi connectivity index (χ1) is 11.7. The van der Waals surface area contributed by atoms with Crippen LogP contribution in [0, 0.1) is 0 Å². The third kappa shape index (κ3) is 2.76. The Bertz CT molecular complexity index is 870. The summed E-state index contributed by atoms with van der Waals surface area (Å²) in [5.41, 5.74) is 7.81. The van der Waals surface area contributed by atoms with Gasteiger partial charge in [0.25, 0.3) is 0 Å². The predicted octanol–water partition coefficient (Wildman–Crippen LogP) is 1.51. The van der Waals surface area contributed by atoms with Gasteiger partial charge in [0.15, 0.2) is 11.5 Å². The normalized spacial score (nSPS) is 16.0. The topological polar surface area (TPSA) is 78.4 Å². The standard InChI is InChI=1S/C17H21N5O2/c1-23-13-3-2-12-10-14-16(18)20-22(17(14)19-15(12)11-13)5-4-21-6-8-24-9-7-21/h2-3,10-11H,4-9H2,1H3,(H2,18,20). The van der Waals surface area contributed by atoms with E-state index in [9.17, 15) is 0 Å². The number of anilines is 1. The number of benzene rings is 1. The van der Waals surface area contributed by atoms with Crippen LogP contribution in [0.3, 0.4) is 0 Å². The van der Waals surface area contributed by atoms with E-state index < -0.39 is 0 Å². The summed E-state index contributed by atoms with van der Waals surface area (Å²) in [5, 5.41) is 6.41. The molecule has 1 saturated heterocycles. The van der Waals surface area contributed by atoms with E-state index >= 15 is 0 Å². The summed E-state index contributed by atoms with van der Waals surface area (Å²) in [4.78, 5) is 7.14. The maximum absolute atomic E-state index is 6.10. The van der Waals surface area contributed by atoms with Crippen molar-refractivity contribution in [2.75, 3.05) is 45.7 Å². The zero-order valence-electron chi connectivity index (χ0n) is 13.7. The molecule has 0 aliphatic carbocycles. The molecule has 2 aromatic heterocycles. The molecule has 0 saturated carbocycles. The maximum atomic E-state index is 6.10. The van der Waals surface area contributed by atoms with Crippen molar-refractivity contribution < 1.29 is 9.47 Å². The van der Waals surface area contributed by atoms with Crippen molar-refractivity contribution in [1.82, 2.24) is 19.7 Å². The molecular formula is C17H21N5O2. The number of aromatic nitrogens is 3. The first kappa shape index (κ1) is 15.2. The van der Waals surface area contributed by atoms with Gasteiger partial charge < -0.3 is 15.2 Å². The van der Waals surface area contributed by atoms with E-state index in [2.05, 4.69) is 10.00 Å². The number of pyridine rings is 1. The first-order valence-electron chi connectivity index (χ1n) is 8.15. The average Bonchev–Trinajstić information content (AvgIpc) is 2.93. The van der Waals surface area contributed by atoms with Crippen LogP contribution in [0.5, 0.6) is 5.75 Å². The SMILES string of the molecule is COc1ccc2cc3c(N)nn(CCN4CCOCC4)c3nc2c1. The number of nitrogen functional groups attached to an aromatic ring is 1. The molecule has 24 heavy (non-hydrogen) atoms. The Morgan fingerprint density at radius 3 is 2.83 bits per heavy atom. The second kappa shape index (κ2) is 6.26. The number of nitrogens with two attached hydrogens (primary N) is 1. The molecule has 1 fully saturated rings. The summed E-state index contributed by atoms with van der Waals surface area (Å²) >= 11 is 0. The highest BCUT2D eigenvalue weighted by atomic mass is 16.5. The Morgan fingerprint density at radius 2 is 2.04 bits per heavy atom. The number of hydrogen-bond acceptors (Lipinski definition) is 6. The molecule has 3 heterocycles. The van der Waals surface area contributed by atoms with Gasteiger partial charge >= 0.3 is 0 Å². The van der Waals surface area contributed by atoms with Gasteiger partial charge in [0.2, 0.25) is 0 Å². The Balaban J connectivity index is 1.68. The number of ether oxygens (including phenoxy) is 2. The van der Waals surface area contributed by atoms with Crippen molar-refractivity contribution in [3.63, 3.8) is 0 Å². The summed E-state index contributed by atoms with van der Waals surface area (Å²) < 4.78 is 12.6. The van der Waals surface area contributed by atoms with Crippen molar-refractivity contribution in [2.45, 2.75) is 6.54 Å². The number of morpholine rings is 1. The lowest BCUT2D eigenvalue weighted by molar-refractivity contribution is 0.0361. The molecule has 1 aliphatic heterocycles. The molecule has 0 radical (unpaired) electrons. The van der Waals surface area contributed by atoms with Crippen LogP contribution >= 0.6 is 0 Å². The molecule has 1 aliphatic rings. The number of rotatable bonds is 4. The fourth-order valence-corrected chi connectivity index (χ4v) is 3.10. The molecule has 0 spiro atoms. The summed E-state index contributed by atoms with van der Waals surface area (Å²) in [6, 6.07) is 7.90. The molecule has 126 valence electrons. The van der Waals surface area contributed by atoms with Crippen molar-refractivity contribution in [2.24, 2.45) is 0 Å². The van der Waals surface area contributed by atoms with Gasteiger partial charge in [0.1, 0.15) is 5.75 Å². The third-order valence-electron chi connectivity index (χ3n) is 4.49. The fourth-order valence-electron chi connectivity index (χ4n) is 3.10. The van der Waals surface area contributed by atoms with Crippen molar-refractivity contribution in [3.05, 3.63) is 24.3 Å². The molecule has 0 unspecified atom stereocenters. The molecular weight excluding hydrogens is 306 g/mol. The van der Waals surface area contributed by atoms with Crippen LogP contribution in [-0.4, -0.2) is 59.6 Å². The Morgan fingerprint density at radius 1 is 1.21 bits per heavy atom. The molecule has 4 rings (SSSR count). The van der Waals surface area contributed by atoms with E-state index in [4.69, 9.17) is 20.2 Å². The third-order valence-corrected chi connectivity index (χ3v) is 4.49. The molecule has 0 amide bonds. The number of hydrogen-bond donors (Lipinski definition) is 1. The van der Waals surface area contributed by atoms with E-state index in [1.54, 1.807) is 7.11 Å². The fraction of sp³-hybridized carbons (Fsp3) is 0.412. The van der Waals surface area contributed by atoms with Gasteiger partial charge in [-0.05, 0) is 18.2 Å². The molecule has 3 aromatic rings. The highest BCUT2D eigenvalue weighted by Gasteiger charge is 2.14. The zero-order chi connectivity index (χ0) is 16.5. The summed E-state index contributed by atoms with van der Waals surface area (Å²) in [7, 11) is 1.66. The zero-order valence-corrected chi connectivity index (χ0v) is 13.7. The first-order valence-corrected chi connectivity index (χ1v) is 8.15. The molecule has 0 atom stereocenters. The molecule has 1 aromatic carbocycles. The second-order valence-corrected chi connectivity index (χ2v) is 5.98. The van der Waals surface area contributed by atoms with Gasteiger partial charge in [0, 0.05) is 31.1 Å². The number of nitrogens with zero attached hydrogens (tertiary/aromatic N) is 4. The van der Waals surface area contributed by atoms with Gasteiger partial charge in [-0.3, -0.25) is 4.90 Å². The van der Waals surface area contributed by atoms with E-state index in [1.807, 2.05) is 28.9 Å². The van der Waals surface area contributed by atoms with Crippen LogP contribution in [0.2, 0.25) is 0 Å². The molecule has 2 N–H and O–H groups in total. The molecule has 7 heteroatoms. The monoisotopic (exact) mass is 327 g/mol. The van der Waals surface area contributed by atoms with Crippen molar-refractivity contribution in [3.8, 4) is 5.75 Å². The lowest BCUT2D eigenvalue weighted by Crippen LogP contribution is -2.38. The summed E-state index contributed by atoms with van der Waals surface area (Å²) in [6.07, 6.45) is 0. The van der Waals surface area contributed by atoms with Crippen LogP contribution in [-0.2, 0) is 11.3 Å². The maximum Gasteiger partial charge on any atom is 0.160 e. The van der Waals surface area contributed by atoms with E-state index in [0.29, 0.717) is 5.82 Å². The second-order valence-electron chi connectivity index (χ2n) is 5.98. The van der Waals surface area contributed by atoms with Crippen molar-refractivity contribution in [1.29, 1.82) is 0 Å². The van der Waals surface area contributed by atoms with Crippen molar-refractivity contribution >= 4 is 27.8 Å². The minimum Gasteiger partial charge on any atom is -0.497 e. The minimum absolute atomic E-state index is 0.525. The van der Waals surface area contributed by atoms with Crippen LogP contribution in [0.15, 0.2) is 24.3 Å². The molecule has 7 nitrogen and oxygen atoms in total. The minimum atomic E-state index is 0.525. The lowest BCUT2D eigenvalue weighted by atomic mass is 10.2. The number of fused-ring (bicyclic) bond motifs is 2. The Hall–Kier alpha value is -2.38. The van der Waals surface area contributed by atoms with E-state index in [1.165, 1.54) is 0 Å². The largest absolute Gasteiger partial charge is 0.497 e. The number of methoxy groups -OCH3 is 1. The lowest BCUT2D eigenvalue weighted by Gasteiger charge is -2.26. The smallest absolute Gasteiger partial charge is 0.160 e. The highest BCUT2D eigenvalue weighted by molar-refractivity contribution is 5.96. The van der Waals surface area contributed by atoms with E-state index in [0.717, 1.165) is 67.1 Å².